The fourth-order valence-electron chi connectivity index (χ4n) is 0.834. The van der Waals surface area contributed by atoms with Gasteiger partial charge in [-0.15, -0.1) is 0 Å². The van der Waals surface area contributed by atoms with Gasteiger partial charge in [-0.1, -0.05) is 17.5 Å². The molecule has 0 bridgehead atoms. The zero-order valence-corrected chi connectivity index (χ0v) is 7.76. The van der Waals surface area contributed by atoms with Crippen LogP contribution in [-0.2, 0) is 4.79 Å². The summed E-state index contributed by atoms with van der Waals surface area (Å²) in [4.78, 5) is 10.00. The van der Waals surface area contributed by atoms with E-state index >= 15 is 0 Å². The van der Waals surface area contributed by atoms with Crippen LogP contribution in [0.1, 0.15) is 5.56 Å². The number of aldehydes is 1. The smallest absolute Gasteiger partial charge is 0.193 e. The van der Waals surface area contributed by atoms with Crippen LogP contribution in [-0.4, -0.2) is 13.4 Å². The summed E-state index contributed by atoms with van der Waals surface area (Å²) in [6.07, 6.45) is 0.524. The Morgan fingerprint density at radius 1 is 1.54 bits per heavy atom. The molecule has 0 aromatic heterocycles. The molecule has 1 aromatic rings. The largest absolute Gasteiger partial charge is 0.497 e. The van der Waals surface area contributed by atoms with E-state index in [1.807, 2.05) is 0 Å². The van der Waals surface area contributed by atoms with E-state index in [1.165, 1.54) is 0 Å². The number of hydrogen-bond acceptors (Lipinski definition) is 2. The molecule has 66 valence electrons. The van der Waals surface area contributed by atoms with Crippen molar-refractivity contribution in [3.8, 4) is 17.6 Å². The summed E-state index contributed by atoms with van der Waals surface area (Å²) >= 11 is 5.81. The van der Waals surface area contributed by atoms with E-state index in [2.05, 4.69) is 11.8 Å². The van der Waals surface area contributed by atoms with Gasteiger partial charge in [-0.05, 0) is 24.1 Å². The molecule has 0 heterocycles. The van der Waals surface area contributed by atoms with E-state index in [1.54, 1.807) is 25.3 Å². The van der Waals surface area contributed by atoms with Crippen molar-refractivity contribution < 1.29 is 9.53 Å². The molecule has 0 aliphatic carbocycles. The first-order chi connectivity index (χ1) is 6.27. The van der Waals surface area contributed by atoms with Crippen LogP contribution in [0.3, 0.4) is 0 Å². The highest BCUT2D eigenvalue weighted by Gasteiger charge is 1.98. The van der Waals surface area contributed by atoms with E-state index in [9.17, 15) is 4.79 Å². The zero-order chi connectivity index (χ0) is 9.68. The normalized spacial score (nSPS) is 8.46. The lowest BCUT2D eigenvalue weighted by molar-refractivity contribution is -0.103. The molecule has 2 nitrogen and oxygen atoms in total. The van der Waals surface area contributed by atoms with Gasteiger partial charge in [-0.25, -0.2) is 0 Å². The van der Waals surface area contributed by atoms with Crippen LogP contribution >= 0.6 is 11.6 Å². The second-order valence-corrected chi connectivity index (χ2v) is 2.64. The Morgan fingerprint density at radius 2 is 2.31 bits per heavy atom. The third-order valence-corrected chi connectivity index (χ3v) is 1.77. The first kappa shape index (κ1) is 9.63. The first-order valence-corrected chi connectivity index (χ1v) is 3.94. The Balaban J connectivity index is 3.10. The summed E-state index contributed by atoms with van der Waals surface area (Å²) < 4.78 is 4.98. The number of halogens is 1. The maximum absolute atomic E-state index is 10.00. The van der Waals surface area contributed by atoms with Crippen molar-refractivity contribution in [2.24, 2.45) is 0 Å². The number of methoxy groups -OCH3 is 1. The molecular weight excluding hydrogens is 188 g/mol. The molecule has 0 saturated heterocycles. The number of rotatable bonds is 1. The van der Waals surface area contributed by atoms with Crippen molar-refractivity contribution >= 4 is 17.9 Å². The predicted molar refractivity (Wildman–Crippen MR) is 50.9 cm³/mol. The Bertz CT molecular complexity index is 374. The summed E-state index contributed by atoms with van der Waals surface area (Å²) in [5.41, 5.74) is 0.591. The van der Waals surface area contributed by atoms with Crippen LogP contribution in [0.15, 0.2) is 18.2 Å². The van der Waals surface area contributed by atoms with E-state index in [-0.39, 0.29) is 0 Å². The van der Waals surface area contributed by atoms with Crippen LogP contribution in [0.2, 0.25) is 5.02 Å². The van der Waals surface area contributed by atoms with Gasteiger partial charge >= 0.3 is 0 Å². The third-order valence-electron chi connectivity index (χ3n) is 1.44. The molecular formula is C10H7ClO2. The topological polar surface area (TPSA) is 26.3 Å². The second-order valence-electron chi connectivity index (χ2n) is 2.23. The fraction of sp³-hybridized carbons (Fsp3) is 0.100. The molecule has 0 fully saturated rings. The average Bonchev–Trinajstić information content (AvgIpc) is 2.17. The van der Waals surface area contributed by atoms with Crippen LogP contribution in [0.5, 0.6) is 5.75 Å². The lowest BCUT2D eigenvalue weighted by atomic mass is 10.2. The van der Waals surface area contributed by atoms with Crippen LogP contribution in [0.25, 0.3) is 0 Å². The number of benzene rings is 1. The number of ether oxygens (including phenoxy) is 1. The van der Waals surface area contributed by atoms with Crippen LogP contribution < -0.4 is 4.74 Å². The van der Waals surface area contributed by atoms with Gasteiger partial charge in [0.2, 0.25) is 0 Å². The number of hydrogen-bond donors (Lipinski definition) is 0. The molecule has 0 aliphatic rings. The van der Waals surface area contributed by atoms with Crippen molar-refractivity contribution in [2.45, 2.75) is 0 Å². The van der Waals surface area contributed by atoms with E-state index in [0.29, 0.717) is 22.6 Å². The molecule has 1 aromatic carbocycles. The highest BCUT2D eigenvalue weighted by molar-refractivity contribution is 6.31. The van der Waals surface area contributed by atoms with Gasteiger partial charge in [-0.2, -0.15) is 0 Å². The standard InChI is InChI=1S/C10H7ClO2/c1-13-9-4-5-10(11)8(7-9)3-2-6-12/h4-7H,1H3. The quantitative estimate of drug-likeness (QED) is 0.504. The summed E-state index contributed by atoms with van der Waals surface area (Å²) in [5, 5.41) is 0.509. The van der Waals surface area contributed by atoms with Gasteiger partial charge in [0.25, 0.3) is 0 Å². The fourth-order valence-corrected chi connectivity index (χ4v) is 0.999. The molecule has 0 amide bonds. The molecule has 0 atom stereocenters. The lowest BCUT2D eigenvalue weighted by Crippen LogP contribution is -1.84. The lowest BCUT2D eigenvalue weighted by Gasteiger charge is -2.00. The molecule has 0 aliphatic heterocycles. The van der Waals surface area contributed by atoms with Crippen molar-refractivity contribution in [3.63, 3.8) is 0 Å². The number of carbonyl (C=O) groups excluding carboxylic acids is 1. The minimum absolute atomic E-state index is 0.509. The SMILES string of the molecule is COc1ccc(Cl)c(C#CC=O)c1. The monoisotopic (exact) mass is 194 g/mol. The second kappa shape index (κ2) is 4.54. The molecule has 13 heavy (non-hydrogen) atoms. The first-order valence-electron chi connectivity index (χ1n) is 3.56. The van der Waals surface area contributed by atoms with E-state index in [0.717, 1.165) is 0 Å². The average molecular weight is 195 g/mol. The van der Waals surface area contributed by atoms with Gasteiger partial charge < -0.3 is 4.74 Å². The van der Waals surface area contributed by atoms with Crippen LogP contribution in [0, 0.1) is 11.8 Å². The van der Waals surface area contributed by atoms with Crippen molar-refractivity contribution in [3.05, 3.63) is 28.8 Å². The minimum atomic E-state index is 0.509. The molecule has 0 saturated carbocycles. The Morgan fingerprint density at radius 3 is 2.92 bits per heavy atom. The third kappa shape index (κ3) is 2.50. The van der Waals surface area contributed by atoms with Crippen LogP contribution in [0.4, 0.5) is 0 Å². The van der Waals surface area contributed by atoms with Crippen molar-refractivity contribution in [1.82, 2.24) is 0 Å². The van der Waals surface area contributed by atoms with Gasteiger partial charge in [0.1, 0.15) is 5.75 Å². The van der Waals surface area contributed by atoms with Crippen molar-refractivity contribution in [1.29, 1.82) is 0 Å². The van der Waals surface area contributed by atoms with Crippen molar-refractivity contribution in [2.75, 3.05) is 7.11 Å². The molecule has 1 rings (SSSR count). The highest BCUT2D eigenvalue weighted by atomic mass is 35.5. The molecule has 3 heteroatoms. The zero-order valence-electron chi connectivity index (χ0n) is 7.00. The van der Waals surface area contributed by atoms with Gasteiger partial charge in [0.15, 0.2) is 6.29 Å². The number of carbonyl (C=O) groups is 1. The molecule has 0 unspecified atom stereocenters. The van der Waals surface area contributed by atoms with Gasteiger partial charge in [-0.3, -0.25) is 4.79 Å². The van der Waals surface area contributed by atoms with Gasteiger partial charge in [0.05, 0.1) is 12.1 Å². The highest BCUT2D eigenvalue weighted by Crippen LogP contribution is 2.20. The molecule has 0 N–H and O–H groups in total. The maximum atomic E-state index is 10.00. The summed E-state index contributed by atoms with van der Waals surface area (Å²) in [6.45, 7) is 0. The minimum Gasteiger partial charge on any atom is -0.497 e. The summed E-state index contributed by atoms with van der Waals surface area (Å²) in [5.74, 6) is 5.56. The Kier molecular flexibility index (Phi) is 3.36. The predicted octanol–water partition coefficient (Wildman–Crippen LogP) is 1.90. The summed E-state index contributed by atoms with van der Waals surface area (Å²) in [7, 11) is 1.56. The molecule has 0 radical (unpaired) electrons. The Hall–Kier alpha value is -1.46. The Labute approximate surface area is 81.5 Å². The van der Waals surface area contributed by atoms with E-state index in [4.69, 9.17) is 16.3 Å². The van der Waals surface area contributed by atoms with Gasteiger partial charge in [0, 0.05) is 5.56 Å². The summed E-state index contributed by atoms with van der Waals surface area (Å²) in [6, 6.07) is 5.09. The molecule has 0 spiro atoms. The maximum Gasteiger partial charge on any atom is 0.193 e. The van der Waals surface area contributed by atoms with E-state index < -0.39 is 0 Å².